The largest absolute Gasteiger partial charge is 0.307 e. The van der Waals surface area contributed by atoms with Crippen LogP contribution < -0.4 is 0 Å². The molecule has 0 N–H and O–H groups in total. The summed E-state index contributed by atoms with van der Waals surface area (Å²) in [4.78, 5) is 15.5. The molecule has 6 heteroatoms. The van der Waals surface area contributed by atoms with Gasteiger partial charge in [0, 0.05) is 38.4 Å². The first kappa shape index (κ1) is 28.0. The van der Waals surface area contributed by atoms with Crippen LogP contribution in [0, 0.1) is 11.3 Å². The van der Waals surface area contributed by atoms with E-state index in [9.17, 15) is 5.26 Å². The van der Waals surface area contributed by atoms with Gasteiger partial charge >= 0.3 is 0 Å². The fraction of sp³-hybridized carbons (Fsp3) is 0. The molecular formula is C44H26N6. The van der Waals surface area contributed by atoms with Crippen molar-refractivity contribution in [3.8, 4) is 40.5 Å². The standard InChI is InChI=1S/C44H26N6/c45-27-28-19-20-31-26-32(22-21-30(31)25-28)43-46-42(29-11-3-1-4-12-29)47-44(48-43)50-39-18-10-8-16-35(39)37-24-23-36-34-15-7-9-17-38(34)49(40(36)41(37)50)33-13-5-2-6-14-33/h1-26H. The van der Waals surface area contributed by atoms with E-state index < -0.39 is 0 Å². The van der Waals surface area contributed by atoms with E-state index in [1.807, 2.05) is 60.7 Å². The van der Waals surface area contributed by atoms with Crippen LogP contribution in [0.15, 0.2) is 158 Å². The molecular weight excluding hydrogens is 613 g/mol. The second-order valence-electron chi connectivity index (χ2n) is 12.4. The van der Waals surface area contributed by atoms with Gasteiger partial charge in [-0.2, -0.15) is 15.2 Å². The van der Waals surface area contributed by atoms with Gasteiger partial charge in [0.05, 0.1) is 33.7 Å². The first-order valence-corrected chi connectivity index (χ1v) is 16.5. The van der Waals surface area contributed by atoms with Crippen molar-refractivity contribution in [3.05, 3.63) is 163 Å². The van der Waals surface area contributed by atoms with Gasteiger partial charge in [-0.3, -0.25) is 4.57 Å². The number of fused-ring (bicyclic) bond motifs is 8. The van der Waals surface area contributed by atoms with Crippen molar-refractivity contribution < 1.29 is 0 Å². The molecule has 7 aromatic carbocycles. The van der Waals surface area contributed by atoms with Crippen LogP contribution in [-0.4, -0.2) is 24.1 Å². The molecule has 3 heterocycles. The van der Waals surface area contributed by atoms with E-state index in [-0.39, 0.29) is 0 Å². The van der Waals surface area contributed by atoms with Crippen LogP contribution in [0.4, 0.5) is 0 Å². The Morgan fingerprint density at radius 3 is 1.70 bits per heavy atom. The lowest BCUT2D eigenvalue weighted by Gasteiger charge is -2.13. The molecule has 0 aliphatic heterocycles. The number of rotatable bonds is 4. The maximum atomic E-state index is 9.45. The molecule has 10 rings (SSSR count). The minimum absolute atomic E-state index is 0.539. The maximum absolute atomic E-state index is 9.45. The summed E-state index contributed by atoms with van der Waals surface area (Å²) in [5.41, 5.74) is 7.75. The van der Waals surface area contributed by atoms with Gasteiger partial charge in [-0.15, -0.1) is 0 Å². The topological polar surface area (TPSA) is 72.3 Å². The molecule has 0 bridgehead atoms. The molecule has 0 saturated carbocycles. The van der Waals surface area contributed by atoms with Crippen molar-refractivity contribution in [3.63, 3.8) is 0 Å². The molecule has 0 aliphatic carbocycles. The summed E-state index contributed by atoms with van der Waals surface area (Å²) in [7, 11) is 0. The predicted molar refractivity (Wildman–Crippen MR) is 202 cm³/mol. The minimum Gasteiger partial charge on any atom is -0.307 e. The highest BCUT2D eigenvalue weighted by Crippen LogP contribution is 2.41. The maximum Gasteiger partial charge on any atom is 0.238 e. The van der Waals surface area contributed by atoms with E-state index in [1.54, 1.807) is 0 Å². The summed E-state index contributed by atoms with van der Waals surface area (Å²) >= 11 is 0. The van der Waals surface area contributed by atoms with E-state index in [1.165, 1.54) is 5.39 Å². The van der Waals surface area contributed by atoms with E-state index in [4.69, 9.17) is 15.0 Å². The number of hydrogen-bond acceptors (Lipinski definition) is 4. The third-order valence-electron chi connectivity index (χ3n) is 9.57. The Labute approximate surface area is 286 Å². The van der Waals surface area contributed by atoms with Gasteiger partial charge < -0.3 is 4.57 Å². The Morgan fingerprint density at radius 2 is 1.00 bits per heavy atom. The van der Waals surface area contributed by atoms with Gasteiger partial charge in [0.2, 0.25) is 5.95 Å². The zero-order valence-corrected chi connectivity index (χ0v) is 26.7. The molecule has 10 aromatic rings. The predicted octanol–water partition coefficient (Wildman–Crippen LogP) is 10.4. The Hall–Kier alpha value is -7.10. The highest BCUT2D eigenvalue weighted by atomic mass is 15.2. The van der Waals surface area contributed by atoms with Crippen LogP contribution in [0.1, 0.15) is 5.56 Å². The number of hydrogen-bond donors (Lipinski definition) is 0. The Kier molecular flexibility index (Phi) is 6.14. The molecule has 0 unspecified atom stereocenters. The van der Waals surface area contributed by atoms with Crippen molar-refractivity contribution in [1.82, 2.24) is 24.1 Å². The summed E-state index contributed by atoms with van der Waals surface area (Å²) < 4.78 is 4.57. The zero-order valence-electron chi connectivity index (χ0n) is 26.7. The lowest BCUT2D eigenvalue weighted by atomic mass is 10.0. The summed E-state index contributed by atoms with van der Waals surface area (Å²) in [5, 5.41) is 16.0. The second-order valence-corrected chi connectivity index (χ2v) is 12.4. The lowest BCUT2D eigenvalue weighted by molar-refractivity contribution is 0.953. The summed E-state index contributed by atoms with van der Waals surface area (Å²) in [6, 6.07) is 56.3. The van der Waals surface area contributed by atoms with Crippen molar-refractivity contribution in [2.24, 2.45) is 0 Å². The number of nitrogens with zero attached hydrogens (tertiary/aromatic N) is 6. The highest BCUT2D eigenvalue weighted by Gasteiger charge is 2.23. The zero-order chi connectivity index (χ0) is 33.2. The summed E-state index contributed by atoms with van der Waals surface area (Å²) in [6.45, 7) is 0. The quantitative estimate of drug-likeness (QED) is 0.192. The normalized spacial score (nSPS) is 11.6. The van der Waals surface area contributed by atoms with Gasteiger partial charge in [0.15, 0.2) is 11.6 Å². The average Bonchev–Trinajstić information content (AvgIpc) is 3.71. The van der Waals surface area contributed by atoms with Gasteiger partial charge in [-0.1, -0.05) is 115 Å². The van der Waals surface area contributed by atoms with Crippen LogP contribution >= 0.6 is 0 Å². The summed E-state index contributed by atoms with van der Waals surface area (Å²) in [6.07, 6.45) is 0. The van der Waals surface area contributed by atoms with Crippen LogP contribution in [-0.2, 0) is 0 Å². The van der Waals surface area contributed by atoms with Gasteiger partial charge in [0.1, 0.15) is 0 Å². The lowest BCUT2D eigenvalue weighted by Crippen LogP contribution is -2.07. The van der Waals surface area contributed by atoms with Crippen LogP contribution in [0.5, 0.6) is 0 Å². The molecule has 0 spiro atoms. The van der Waals surface area contributed by atoms with Crippen LogP contribution in [0.25, 0.3) is 88.8 Å². The van der Waals surface area contributed by atoms with Gasteiger partial charge in [-0.25, -0.2) is 4.98 Å². The van der Waals surface area contributed by atoms with E-state index in [0.29, 0.717) is 23.2 Å². The molecule has 0 atom stereocenters. The molecule has 0 amide bonds. The van der Waals surface area contributed by atoms with Gasteiger partial charge in [0.25, 0.3) is 0 Å². The van der Waals surface area contributed by atoms with Crippen molar-refractivity contribution >= 4 is 54.4 Å². The van der Waals surface area contributed by atoms with Crippen molar-refractivity contribution in [2.45, 2.75) is 0 Å². The Balaban J connectivity index is 1.34. The molecule has 0 aliphatic rings. The first-order chi connectivity index (χ1) is 24.7. The Morgan fingerprint density at radius 1 is 0.440 bits per heavy atom. The monoisotopic (exact) mass is 638 g/mol. The van der Waals surface area contributed by atoms with E-state index in [0.717, 1.165) is 65.8 Å². The number of nitriles is 1. The van der Waals surface area contributed by atoms with Crippen molar-refractivity contribution in [2.75, 3.05) is 0 Å². The molecule has 3 aromatic heterocycles. The number of benzene rings is 7. The summed E-state index contributed by atoms with van der Waals surface area (Å²) in [5.74, 6) is 1.70. The average molecular weight is 639 g/mol. The molecule has 50 heavy (non-hydrogen) atoms. The van der Waals surface area contributed by atoms with Gasteiger partial charge in [-0.05, 0) is 53.2 Å². The molecule has 232 valence electrons. The fourth-order valence-corrected chi connectivity index (χ4v) is 7.32. The first-order valence-electron chi connectivity index (χ1n) is 16.5. The molecule has 0 saturated heterocycles. The third kappa shape index (κ3) is 4.24. The SMILES string of the molecule is N#Cc1ccc2cc(-c3nc(-c4ccccc4)nc(-n4c5ccccc5c5ccc6c7ccccc7n(-c7ccccc7)c6c54)n3)ccc2c1. The fourth-order valence-electron chi connectivity index (χ4n) is 7.32. The van der Waals surface area contributed by atoms with Crippen LogP contribution in [0.3, 0.4) is 0 Å². The minimum atomic E-state index is 0.539. The molecule has 6 nitrogen and oxygen atoms in total. The van der Waals surface area contributed by atoms with Crippen LogP contribution in [0.2, 0.25) is 0 Å². The Bertz CT molecular complexity index is 2990. The van der Waals surface area contributed by atoms with E-state index in [2.05, 4.69) is 112 Å². The third-order valence-corrected chi connectivity index (χ3v) is 9.57. The van der Waals surface area contributed by atoms with E-state index >= 15 is 0 Å². The molecule has 0 fully saturated rings. The van der Waals surface area contributed by atoms with Crippen molar-refractivity contribution in [1.29, 1.82) is 5.26 Å². The smallest absolute Gasteiger partial charge is 0.238 e. The second kappa shape index (κ2) is 11.0. The number of aromatic nitrogens is 5. The molecule has 0 radical (unpaired) electrons. The number of para-hydroxylation sites is 3. The highest BCUT2D eigenvalue weighted by molar-refractivity contribution is 6.23.